The summed E-state index contributed by atoms with van der Waals surface area (Å²) >= 11 is 0. The maximum atomic E-state index is 13.7. The molecular weight excluding hydrogens is 454 g/mol. The molecule has 0 fully saturated rings. The molecule has 0 aliphatic carbocycles. The van der Waals surface area contributed by atoms with Crippen LogP contribution in [-0.4, -0.2) is 32.4 Å². The van der Waals surface area contributed by atoms with Crippen LogP contribution < -0.4 is 5.32 Å². The largest absolute Gasteiger partial charge is 0.433 e. The van der Waals surface area contributed by atoms with Crippen molar-refractivity contribution >= 4 is 11.7 Å². The first-order valence-corrected chi connectivity index (χ1v) is 9.63. The zero-order valence-electron chi connectivity index (χ0n) is 16.8. The molecule has 4 rings (SSSR count). The summed E-state index contributed by atoms with van der Waals surface area (Å²) in [6, 6.07) is 9.52. The van der Waals surface area contributed by atoms with Gasteiger partial charge in [-0.15, -0.1) is 0 Å². The highest BCUT2D eigenvalue weighted by molar-refractivity contribution is 5.94. The van der Waals surface area contributed by atoms with Crippen molar-refractivity contribution in [2.75, 3.05) is 5.32 Å². The van der Waals surface area contributed by atoms with Gasteiger partial charge in [0.25, 0.3) is 0 Å². The van der Waals surface area contributed by atoms with E-state index in [9.17, 15) is 36.2 Å². The van der Waals surface area contributed by atoms with Gasteiger partial charge in [0, 0.05) is 11.5 Å². The van der Waals surface area contributed by atoms with Crippen molar-refractivity contribution < 1.29 is 36.2 Å². The fourth-order valence-electron chi connectivity index (χ4n) is 3.80. The molecular formula is C21H16F6N4O2. The monoisotopic (exact) mass is 470 g/mol. The van der Waals surface area contributed by atoms with E-state index in [4.69, 9.17) is 0 Å². The number of carbonyl (C=O) groups excluding carboxylic acids is 1. The lowest BCUT2D eigenvalue weighted by Crippen LogP contribution is -2.48. The Morgan fingerprint density at radius 1 is 1.09 bits per heavy atom. The molecule has 1 aliphatic rings. The van der Waals surface area contributed by atoms with Gasteiger partial charge in [-0.3, -0.25) is 9.89 Å². The molecule has 2 unspecified atom stereocenters. The van der Waals surface area contributed by atoms with Crippen LogP contribution in [0, 0.1) is 0 Å². The molecule has 0 saturated carbocycles. The van der Waals surface area contributed by atoms with E-state index >= 15 is 0 Å². The molecule has 1 aliphatic heterocycles. The Morgan fingerprint density at radius 2 is 1.79 bits per heavy atom. The van der Waals surface area contributed by atoms with Gasteiger partial charge in [-0.25, -0.2) is 4.98 Å². The number of pyridine rings is 1. The summed E-state index contributed by atoms with van der Waals surface area (Å²) in [5, 5.41) is 18.9. The first kappa shape index (κ1) is 22.8. The molecule has 12 heteroatoms. The highest BCUT2D eigenvalue weighted by Crippen LogP contribution is 2.49. The number of hydrogen-bond donors (Lipinski definition) is 3. The van der Waals surface area contributed by atoms with Gasteiger partial charge < -0.3 is 10.4 Å². The molecule has 0 radical (unpaired) electrons. The van der Waals surface area contributed by atoms with Crippen molar-refractivity contribution in [3.8, 4) is 11.3 Å². The van der Waals surface area contributed by atoms with E-state index < -0.39 is 47.5 Å². The molecule has 0 bridgehead atoms. The van der Waals surface area contributed by atoms with Crippen LogP contribution in [0.3, 0.4) is 0 Å². The minimum absolute atomic E-state index is 0.0296. The Kier molecular flexibility index (Phi) is 5.23. The molecule has 33 heavy (non-hydrogen) atoms. The predicted molar refractivity (Wildman–Crippen MR) is 104 cm³/mol. The van der Waals surface area contributed by atoms with E-state index in [1.165, 1.54) is 37.3 Å². The maximum absolute atomic E-state index is 13.7. The number of nitrogens with one attached hydrogen (secondary N) is 2. The number of alkyl halides is 6. The number of aromatic nitrogens is 3. The second-order valence-electron chi connectivity index (χ2n) is 7.69. The number of rotatable bonds is 3. The van der Waals surface area contributed by atoms with Gasteiger partial charge in [-0.2, -0.15) is 31.4 Å². The summed E-state index contributed by atoms with van der Waals surface area (Å²) in [5.41, 5.74) is -4.50. The van der Waals surface area contributed by atoms with E-state index in [1.54, 1.807) is 6.07 Å². The van der Waals surface area contributed by atoms with Crippen LogP contribution in [0.2, 0.25) is 0 Å². The molecule has 174 valence electrons. The van der Waals surface area contributed by atoms with Gasteiger partial charge in [0.1, 0.15) is 11.5 Å². The maximum Gasteiger partial charge on any atom is 0.433 e. The Bertz CT molecular complexity index is 1220. The number of fused-ring (bicyclic) bond motifs is 1. The summed E-state index contributed by atoms with van der Waals surface area (Å²) in [7, 11) is 0. The van der Waals surface area contributed by atoms with Crippen LogP contribution in [-0.2, 0) is 16.6 Å². The Labute approximate surface area is 182 Å². The number of amides is 1. The second-order valence-corrected chi connectivity index (χ2v) is 7.69. The van der Waals surface area contributed by atoms with Crippen molar-refractivity contribution in [2.45, 2.75) is 37.2 Å². The van der Waals surface area contributed by atoms with Gasteiger partial charge in [0.2, 0.25) is 5.91 Å². The second kappa shape index (κ2) is 7.58. The Hall–Kier alpha value is -3.41. The highest BCUT2D eigenvalue weighted by atomic mass is 19.4. The van der Waals surface area contributed by atoms with E-state index in [0.29, 0.717) is 11.1 Å². The molecule has 3 heterocycles. The van der Waals surface area contributed by atoms with Gasteiger partial charge >= 0.3 is 12.4 Å². The third-order valence-corrected chi connectivity index (χ3v) is 5.49. The van der Waals surface area contributed by atoms with Crippen molar-refractivity contribution in [1.29, 1.82) is 0 Å². The average Bonchev–Trinajstić information content (AvgIpc) is 3.16. The highest BCUT2D eigenvalue weighted by Gasteiger charge is 2.60. The summed E-state index contributed by atoms with van der Waals surface area (Å²) in [5.74, 6) is -2.20. The number of carbonyl (C=O) groups is 1. The van der Waals surface area contributed by atoms with Gasteiger partial charge in [-0.1, -0.05) is 31.2 Å². The number of benzene rings is 1. The first-order valence-electron chi connectivity index (χ1n) is 9.63. The van der Waals surface area contributed by atoms with E-state index in [-0.39, 0.29) is 17.2 Å². The number of H-pyrrole nitrogens is 1. The topological polar surface area (TPSA) is 90.9 Å². The third-order valence-electron chi connectivity index (χ3n) is 5.49. The van der Waals surface area contributed by atoms with Gasteiger partial charge in [-0.05, 0) is 23.8 Å². The lowest BCUT2D eigenvalue weighted by atomic mass is 9.82. The van der Waals surface area contributed by atoms with Crippen LogP contribution >= 0.6 is 0 Å². The summed E-state index contributed by atoms with van der Waals surface area (Å²) in [6.45, 7) is 1.53. The molecule has 0 spiro atoms. The van der Waals surface area contributed by atoms with Crippen molar-refractivity contribution in [3.63, 3.8) is 0 Å². The summed E-state index contributed by atoms with van der Waals surface area (Å²) in [4.78, 5) is 15.4. The Morgan fingerprint density at radius 3 is 2.45 bits per heavy atom. The van der Waals surface area contributed by atoms with Crippen molar-refractivity contribution in [2.24, 2.45) is 0 Å². The predicted octanol–water partition coefficient (Wildman–Crippen LogP) is 4.73. The number of nitrogens with zero attached hydrogens (tertiary/aromatic N) is 2. The molecule has 2 atom stereocenters. The summed E-state index contributed by atoms with van der Waals surface area (Å²) < 4.78 is 80.3. The van der Waals surface area contributed by atoms with Crippen LogP contribution in [0.25, 0.3) is 11.3 Å². The SMILES string of the molecule is CC(c1cccc(-c2cccc(C(F)(F)F)n2)c1)c1n[nH]c2c1C(O)(C(F)(F)F)CC(=O)N2. The van der Waals surface area contributed by atoms with Gasteiger partial charge in [0.15, 0.2) is 5.60 Å². The van der Waals surface area contributed by atoms with Crippen molar-refractivity contribution in [1.82, 2.24) is 15.2 Å². The van der Waals surface area contributed by atoms with E-state index in [2.05, 4.69) is 20.5 Å². The standard InChI is InChI=1S/C21H16F6N4O2/c1-10(17-16-18(31-30-17)29-15(32)9-19(16,33)21(25,26)27)11-4-2-5-12(8-11)13-6-3-7-14(28-13)20(22,23)24/h2-8,10,33H,9H2,1H3,(H2,29,30,31,32). The van der Waals surface area contributed by atoms with Crippen molar-refractivity contribution in [3.05, 3.63) is 65.0 Å². The van der Waals surface area contributed by atoms with Crippen LogP contribution in [0.1, 0.15) is 41.8 Å². The molecule has 3 aromatic rings. The summed E-state index contributed by atoms with van der Waals surface area (Å²) in [6.07, 6.45) is -11.0. The fourth-order valence-corrected chi connectivity index (χ4v) is 3.80. The molecule has 1 aromatic carbocycles. The smallest absolute Gasteiger partial charge is 0.376 e. The van der Waals surface area contributed by atoms with E-state index in [1.807, 2.05) is 0 Å². The molecule has 2 aromatic heterocycles. The van der Waals surface area contributed by atoms with E-state index in [0.717, 1.165) is 6.07 Å². The number of anilines is 1. The van der Waals surface area contributed by atoms with Crippen LogP contribution in [0.5, 0.6) is 0 Å². The molecule has 1 amide bonds. The van der Waals surface area contributed by atoms with Crippen LogP contribution in [0.4, 0.5) is 32.2 Å². The third kappa shape index (κ3) is 3.94. The molecule has 0 saturated heterocycles. The Balaban J connectivity index is 1.76. The number of aliphatic hydroxyl groups is 1. The normalized spacial score (nSPS) is 19.7. The number of aromatic amines is 1. The minimum atomic E-state index is -5.15. The number of hydrogen-bond acceptors (Lipinski definition) is 4. The first-order chi connectivity index (χ1) is 15.3. The average molecular weight is 470 g/mol. The van der Waals surface area contributed by atoms with Crippen LogP contribution in [0.15, 0.2) is 42.5 Å². The zero-order valence-corrected chi connectivity index (χ0v) is 16.8. The lowest BCUT2D eigenvalue weighted by molar-refractivity contribution is -0.267. The number of halogens is 6. The lowest BCUT2D eigenvalue weighted by Gasteiger charge is -2.34. The zero-order chi connectivity index (χ0) is 24.2. The molecule has 3 N–H and O–H groups in total. The fraction of sp³-hybridized carbons (Fsp3) is 0.286. The minimum Gasteiger partial charge on any atom is -0.376 e. The van der Waals surface area contributed by atoms with Gasteiger partial charge in [0.05, 0.1) is 23.4 Å². The molecule has 6 nitrogen and oxygen atoms in total. The quantitative estimate of drug-likeness (QED) is 0.483.